The van der Waals surface area contributed by atoms with Crippen LogP contribution in [0.3, 0.4) is 0 Å². The van der Waals surface area contributed by atoms with Gasteiger partial charge in [-0.15, -0.1) is 0 Å². The molecular weight excluding hydrogens is 208 g/mol. The van der Waals surface area contributed by atoms with Crippen LogP contribution in [-0.2, 0) is 6.42 Å². The SMILES string of the molecule is CCC(C)C(Cc1cc(F)cc(F)c1)NC. The van der Waals surface area contributed by atoms with Gasteiger partial charge in [-0.25, -0.2) is 8.78 Å². The van der Waals surface area contributed by atoms with Crippen molar-refractivity contribution in [2.75, 3.05) is 7.05 Å². The van der Waals surface area contributed by atoms with Crippen LogP contribution in [0, 0.1) is 17.6 Å². The quantitative estimate of drug-likeness (QED) is 0.814. The Bertz CT molecular complexity index is 318. The summed E-state index contributed by atoms with van der Waals surface area (Å²) in [6.45, 7) is 4.25. The van der Waals surface area contributed by atoms with Gasteiger partial charge in [-0.2, -0.15) is 0 Å². The van der Waals surface area contributed by atoms with E-state index in [-0.39, 0.29) is 6.04 Å². The Labute approximate surface area is 95.9 Å². The van der Waals surface area contributed by atoms with Crippen molar-refractivity contribution < 1.29 is 8.78 Å². The van der Waals surface area contributed by atoms with Crippen LogP contribution in [0.2, 0.25) is 0 Å². The molecule has 0 aromatic heterocycles. The third-order valence-electron chi connectivity index (χ3n) is 3.08. The maximum Gasteiger partial charge on any atom is 0.126 e. The van der Waals surface area contributed by atoms with Crippen LogP contribution < -0.4 is 5.32 Å². The van der Waals surface area contributed by atoms with Crippen molar-refractivity contribution in [3.05, 3.63) is 35.4 Å². The fraction of sp³-hybridized carbons (Fsp3) is 0.538. The minimum absolute atomic E-state index is 0.256. The third kappa shape index (κ3) is 3.56. The molecule has 0 spiro atoms. The zero-order valence-corrected chi connectivity index (χ0v) is 10.1. The second-order valence-electron chi connectivity index (χ2n) is 4.26. The lowest BCUT2D eigenvalue weighted by molar-refractivity contribution is 0.385. The van der Waals surface area contributed by atoms with E-state index in [9.17, 15) is 8.78 Å². The predicted molar refractivity (Wildman–Crippen MR) is 62.4 cm³/mol. The number of halogens is 2. The summed E-state index contributed by atoms with van der Waals surface area (Å²) >= 11 is 0. The molecule has 3 heteroatoms. The molecule has 0 aliphatic heterocycles. The maximum absolute atomic E-state index is 13.0. The Hall–Kier alpha value is -0.960. The Balaban J connectivity index is 2.77. The monoisotopic (exact) mass is 227 g/mol. The van der Waals surface area contributed by atoms with Gasteiger partial charge in [0.2, 0.25) is 0 Å². The smallest absolute Gasteiger partial charge is 0.126 e. The normalized spacial score (nSPS) is 14.8. The van der Waals surface area contributed by atoms with E-state index in [1.807, 2.05) is 7.05 Å². The third-order valence-corrected chi connectivity index (χ3v) is 3.08. The molecule has 16 heavy (non-hydrogen) atoms. The van der Waals surface area contributed by atoms with Crippen LogP contribution in [0.15, 0.2) is 18.2 Å². The van der Waals surface area contributed by atoms with Gasteiger partial charge in [-0.1, -0.05) is 20.3 Å². The first-order chi connectivity index (χ1) is 7.56. The topological polar surface area (TPSA) is 12.0 Å². The highest BCUT2D eigenvalue weighted by atomic mass is 19.1. The molecule has 1 rings (SSSR count). The Morgan fingerprint density at radius 2 is 1.75 bits per heavy atom. The zero-order chi connectivity index (χ0) is 12.1. The highest BCUT2D eigenvalue weighted by Gasteiger charge is 2.14. The van der Waals surface area contributed by atoms with Crippen molar-refractivity contribution >= 4 is 0 Å². The maximum atomic E-state index is 13.0. The first-order valence-electron chi connectivity index (χ1n) is 5.69. The predicted octanol–water partition coefficient (Wildman–Crippen LogP) is 3.14. The highest BCUT2D eigenvalue weighted by Crippen LogP contribution is 2.15. The molecule has 1 nitrogen and oxygen atoms in total. The molecule has 2 atom stereocenters. The summed E-state index contributed by atoms with van der Waals surface area (Å²) < 4.78 is 26.0. The van der Waals surface area contributed by atoms with E-state index in [0.717, 1.165) is 12.5 Å². The molecule has 0 aliphatic carbocycles. The van der Waals surface area contributed by atoms with Gasteiger partial charge in [0.05, 0.1) is 0 Å². The molecule has 0 radical (unpaired) electrons. The van der Waals surface area contributed by atoms with Gasteiger partial charge < -0.3 is 5.32 Å². The number of hydrogen-bond donors (Lipinski definition) is 1. The molecule has 0 fully saturated rings. The van der Waals surface area contributed by atoms with E-state index in [1.54, 1.807) is 0 Å². The van der Waals surface area contributed by atoms with Crippen LogP contribution in [0.5, 0.6) is 0 Å². The molecule has 1 aromatic carbocycles. The molecule has 0 heterocycles. The second-order valence-corrected chi connectivity index (χ2v) is 4.26. The molecular formula is C13H19F2N. The highest BCUT2D eigenvalue weighted by molar-refractivity contribution is 5.19. The van der Waals surface area contributed by atoms with Crippen LogP contribution in [0.1, 0.15) is 25.8 Å². The average Bonchev–Trinajstić information content (AvgIpc) is 2.23. The van der Waals surface area contributed by atoms with Crippen LogP contribution >= 0.6 is 0 Å². The molecule has 0 aliphatic rings. The molecule has 0 amide bonds. The summed E-state index contributed by atoms with van der Waals surface area (Å²) in [4.78, 5) is 0. The summed E-state index contributed by atoms with van der Waals surface area (Å²) in [6.07, 6.45) is 1.70. The standard InChI is InChI=1S/C13H19F2N/c1-4-9(2)13(16-3)7-10-5-11(14)8-12(15)6-10/h5-6,8-9,13,16H,4,7H2,1-3H3. The fourth-order valence-corrected chi connectivity index (χ4v) is 1.86. The lowest BCUT2D eigenvalue weighted by Gasteiger charge is -2.22. The van der Waals surface area contributed by atoms with Gasteiger partial charge in [0, 0.05) is 12.1 Å². The van der Waals surface area contributed by atoms with Crippen LogP contribution in [-0.4, -0.2) is 13.1 Å². The van der Waals surface area contributed by atoms with Gasteiger partial charge in [-0.3, -0.25) is 0 Å². The second kappa shape index (κ2) is 5.94. The summed E-state index contributed by atoms with van der Waals surface area (Å²) in [5.41, 5.74) is 0.706. The van der Waals surface area contributed by atoms with Gasteiger partial charge in [0.1, 0.15) is 11.6 Å². The molecule has 90 valence electrons. The number of likely N-dealkylation sites (N-methyl/N-ethyl adjacent to an activating group) is 1. The minimum Gasteiger partial charge on any atom is -0.316 e. The molecule has 1 aromatic rings. The van der Waals surface area contributed by atoms with E-state index in [4.69, 9.17) is 0 Å². The van der Waals surface area contributed by atoms with E-state index >= 15 is 0 Å². The van der Waals surface area contributed by atoms with Crippen molar-refractivity contribution in [1.29, 1.82) is 0 Å². The molecule has 0 bridgehead atoms. The Morgan fingerprint density at radius 1 is 1.19 bits per heavy atom. The number of rotatable bonds is 5. The Morgan fingerprint density at radius 3 is 2.19 bits per heavy atom. The van der Waals surface area contributed by atoms with Gasteiger partial charge >= 0.3 is 0 Å². The van der Waals surface area contributed by atoms with Crippen molar-refractivity contribution in [2.45, 2.75) is 32.7 Å². The van der Waals surface area contributed by atoms with Crippen molar-refractivity contribution in [3.8, 4) is 0 Å². The largest absolute Gasteiger partial charge is 0.316 e. The summed E-state index contributed by atoms with van der Waals surface area (Å²) in [5, 5.41) is 3.20. The minimum atomic E-state index is -0.506. The summed E-state index contributed by atoms with van der Waals surface area (Å²) in [5.74, 6) is -0.528. The first-order valence-corrected chi connectivity index (χ1v) is 5.69. The summed E-state index contributed by atoms with van der Waals surface area (Å²) in [7, 11) is 1.88. The van der Waals surface area contributed by atoms with E-state index < -0.39 is 11.6 Å². The van der Waals surface area contributed by atoms with Gasteiger partial charge in [0.25, 0.3) is 0 Å². The number of nitrogens with one attached hydrogen (secondary N) is 1. The van der Waals surface area contributed by atoms with Crippen molar-refractivity contribution in [3.63, 3.8) is 0 Å². The molecule has 0 saturated carbocycles. The molecule has 1 N–H and O–H groups in total. The summed E-state index contributed by atoms with van der Waals surface area (Å²) in [6, 6.07) is 3.96. The molecule has 2 unspecified atom stereocenters. The van der Waals surface area contributed by atoms with Crippen LogP contribution in [0.4, 0.5) is 8.78 Å². The van der Waals surface area contributed by atoms with E-state index in [0.29, 0.717) is 17.9 Å². The van der Waals surface area contributed by atoms with Crippen molar-refractivity contribution in [2.24, 2.45) is 5.92 Å². The average molecular weight is 227 g/mol. The lowest BCUT2D eigenvalue weighted by Crippen LogP contribution is -2.33. The Kier molecular flexibility index (Phi) is 4.87. The van der Waals surface area contributed by atoms with Gasteiger partial charge in [0.15, 0.2) is 0 Å². The number of hydrogen-bond acceptors (Lipinski definition) is 1. The van der Waals surface area contributed by atoms with Gasteiger partial charge in [-0.05, 0) is 37.1 Å². The number of benzene rings is 1. The van der Waals surface area contributed by atoms with E-state index in [2.05, 4.69) is 19.2 Å². The van der Waals surface area contributed by atoms with Crippen molar-refractivity contribution in [1.82, 2.24) is 5.32 Å². The fourth-order valence-electron chi connectivity index (χ4n) is 1.86. The van der Waals surface area contributed by atoms with Crippen LogP contribution in [0.25, 0.3) is 0 Å². The van der Waals surface area contributed by atoms with E-state index in [1.165, 1.54) is 12.1 Å². The zero-order valence-electron chi connectivity index (χ0n) is 10.1. The molecule has 0 saturated heterocycles. The lowest BCUT2D eigenvalue weighted by atomic mass is 9.93. The first kappa shape index (κ1) is 13.1.